The molecule has 19 nitrogen and oxygen atoms in total. The summed E-state index contributed by atoms with van der Waals surface area (Å²) in [6, 6.07) is -7.29. The Morgan fingerprint density at radius 1 is 0.541 bits per heavy atom. The van der Waals surface area contributed by atoms with Crippen LogP contribution >= 0.6 is 0 Å². The summed E-state index contributed by atoms with van der Waals surface area (Å²) in [6.45, 7) is -0.979. The Morgan fingerprint density at radius 2 is 0.946 bits per heavy atom. The molecule has 0 bridgehead atoms. The first-order valence-corrected chi connectivity index (χ1v) is 10.1. The van der Waals surface area contributed by atoms with Crippen LogP contribution in [0.2, 0.25) is 0 Å². The van der Waals surface area contributed by atoms with Crippen molar-refractivity contribution < 1.29 is 68.7 Å². The quantitative estimate of drug-likeness (QED) is 0.0832. The van der Waals surface area contributed by atoms with E-state index in [9.17, 15) is 43.2 Å². The molecule has 0 saturated carbocycles. The molecule has 4 amide bonds. The van der Waals surface area contributed by atoms with Gasteiger partial charge < -0.3 is 52.5 Å². The number of nitrogens with two attached hydrogens (primary N) is 1. The Hall–Kier alpha value is -4.81. The van der Waals surface area contributed by atoms with Crippen molar-refractivity contribution in [3.8, 4) is 0 Å². The monoisotopic (exact) mass is 535 g/mol. The van der Waals surface area contributed by atoms with Crippen molar-refractivity contribution in [3.05, 3.63) is 0 Å². The van der Waals surface area contributed by atoms with E-state index in [-0.39, 0.29) is 0 Å². The maximum atomic E-state index is 12.3. The van der Waals surface area contributed by atoms with Crippen molar-refractivity contribution in [2.75, 3.05) is 6.54 Å². The molecule has 0 saturated heterocycles. The zero-order chi connectivity index (χ0) is 28.9. The summed E-state index contributed by atoms with van der Waals surface area (Å²) in [5, 5.41) is 51.7. The van der Waals surface area contributed by atoms with Gasteiger partial charge in [0.1, 0.15) is 18.1 Å². The first-order valence-electron chi connectivity index (χ1n) is 10.1. The zero-order valence-electron chi connectivity index (χ0n) is 18.8. The SMILES string of the molecule is N[C@@H](CC(=O)O)C(=O)N[C@@H](CC(=O)O)C(=O)NCC(=O)N[C@@H](CC(=O)O)C(=O)N[C@@H](CC(=O)O)C(=O)O. The van der Waals surface area contributed by atoms with Crippen molar-refractivity contribution in [1.82, 2.24) is 21.3 Å². The number of carboxylic acid groups (broad SMARTS) is 5. The smallest absolute Gasteiger partial charge is 0.326 e. The summed E-state index contributed by atoms with van der Waals surface area (Å²) in [7, 11) is 0. The minimum Gasteiger partial charge on any atom is -0.481 e. The molecular formula is C18H25N5O14. The van der Waals surface area contributed by atoms with E-state index in [0.29, 0.717) is 0 Å². The molecule has 0 radical (unpaired) electrons. The van der Waals surface area contributed by atoms with Crippen LogP contribution in [0.15, 0.2) is 0 Å². The second kappa shape index (κ2) is 15.2. The van der Waals surface area contributed by atoms with Crippen molar-refractivity contribution in [2.45, 2.75) is 49.9 Å². The van der Waals surface area contributed by atoms with Gasteiger partial charge in [0.05, 0.1) is 38.3 Å². The normalized spacial score (nSPS) is 13.5. The van der Waals surface area contributed by atoms with Gasteiger partial charge in [-0.05, 0) is 0 Å². The number of hydrogen-bond acceptors (Lipinski definition) is 10. The van der Waals surface area contributed by atoms with E-state index < -0.39 is 110 Å². The maximum absolute atomic E-state index is 12.3. The third kappa shape index (κ3) is 13.6. The Morgan fingerprint density at radius 3 is 1.38 bits per heavy atom. The van der Waals surface area contributed by atoms with E-state index in [0.717, 1.165) is 0 Å². The average molecular weight is 535 g/mol. The third-order valence-corrected chi connectivity index (χ3v) is 4.19. The molecule has 0 aromatic rings. The van der Waals surface area contributed by atoms with Crippen molar-refractivity contribution in [3.63, 3.8) is 0 Å². The van der Waals surface area contributed by atoms with Gasteiger partial charge in [-0.15, -0.1) is 0 Å². The fourth-order valence-electron chi connectivity index (χ4n) is 2.51. The molecule has 0 aromatic carbocycles. The molecular weight excluding hydrogens is 510 g/mol. The number of hydrogen-bond donors (Lipinski definition) is 10. The molecule has 206 valence electrons. The van der Waals surface area contributed by atoms with Crippen molar-refractivity contribution >= 4 is 53.5 Å². The van der Waals surface area contributed by atoms with Crippen LogP contribution in [-0.2, 0) is 43.2 Å². The molecule has 11 N–H and O–H groups in total. The number of carbonyl (C=O) groups excluding carboxylic acids is 4. The first-order chi connectivity index (χ1) is 17.0. The van der Waals surface area contributed by atoms with Crippen molar-refractivity contribution in [2.24, 2.45) is 5.73 Å². The summed E-state index contributed by atoms with van der Waals surface area (Å²) in [6.07, 6.45) is -3.96. The van der Waals surface area contributed by atoms with Crippen LogP contribution in [-0.4, -0.2) is 110 Å². The Kier molecular flexibility index (Phi) is 13.3. The fourth-order valence-corrected chi connectivity index (χ4v) is 2.51. The summed E-state index contributed by atoms with van der Waals surface area (Å²) >= 11 is 0. The molecule has 0 fully saturated rings. The molecule has 0 aromatic heterocycles. The van der Waals surface area contributed by atoms with Crippen LogP contribution in [0.25, 0.3) is 0 Å². The third-order valence-electron chi connectivity index (χ3n) is 4.19. The van der Waals surface area contributed by atoms with E-state index in [1.165, 1.54) is 0 Å². The van der Waals surface area contributed by atoms with Crippen LogP contribution in [0.5, 0.6) is 0 Å². The largest absolute Gasteiger partial charge is 0.481 e. The lowest BCUT2D eigenvalue weighted by Gasteiger charge is -2.21. The molecule has 4 atom stereocenters. The summed E-state index contributed by atoms with van der Waals surface area (Å²) in [5.41, 5.74) is 5.33. The Balaban J connectivity index is 5.27. The molecule has 37 heavy (non-hydrogen) atoms. The topological polar surface area (TPSA) is 329 Å². The number of nitrogens with one attached hydrogen (secondary N) is 4. The highest BCUT2D eigenvalue weighted by Crippen LogP contribution is 2.00. The van der Waals surface area contributed by atoms with Gasteiger partial charge in [0.25, 0.3) is 0 Å². The van der Waals surface area contributed by atoms with E-state index in [1.807, 2.05) is 16.0 Å². The summed E-state index contributed by atoms with van der Waals surface area (Å²) < 4.78 is 0. The lowest BCUT2D eigenvalue weighted by molar-refractivity contribution is -0.148. The van der Waals surface area contributed by atoms with Gasteiger partial charge in [-0.1, -0.05) is 0 Å². The Labute approximate surface area is 206 Å². The second-order valence-corrected chi connectivity index (χ2v) is 7.30. The molecule has 0 aliphatic heterocycles. The molecule has 0 heterocycles. The highest BCUT2D eigenvalue weighted by molar-refractivity contribution is 5.96. The average Bonchev–Trinajstić information content (AvgIpc) is 2.74. The molecule has 0 aliphatic rings. The van der Waals surface area contributed by atoms with Gasteiger partial charge >= 0.3 is 29.8 Å². The minimum absolute atomic E-state index is 0.835. The number of amides is 4. The molecule has 0 aliphatic carbocycles. The zero-order valence-corrected chi connectivity index (χ0v) is 18.8. The van der Waals surface area contributed by atoms with E-state index in [2.05, 4.69) is 0 Å². The maximum Gasteiger partial charge on any atom is 0.326 e. The summed E-state index contributed by atoms with van der Waals surface area (Å²) in [5.74, 6) is -13.0. The van der Waals surface area contributed by atoms with Gasteiger partial charge in [0.15, 0.2) is 0 Å². The van der Waals surface area contributed by atoms with Crippen molar-refractivity contribution in [1.29, 1.82) is 0 Å². The second-order valence-electron chi connectivity index (χ2n) is 7.30. The molecule has 0 rings (SSSR count). The van der Waals surface area contributed by atoms with Crippen LogP contribution in [0.1, 0.15) is 25.7 Å². The van der Waals surface area contributed by atoms with Crippen LogP contribution in [0.3, 0.4) is 0 Å². The van der Waals surface area contributed by atoms with Gasteiger partial charge in [-0.2, -0.15) is 0 Å². The van der Waals surface area contributed by atoms with Gasteiger partial charge in [0, 0.05) is 0 Å². The van der Waals surface area contributed by atoms with E-state index >= 15 is 0 Å². The fraction of sp³-hybridized carbons (Fsp3) is 0.500. The molecule has 0 unspecified atom stereocenters. The lowest BCUT2D eigenvalue weighted by atomic mass is 10.1. The first kappa shape index (κ1) is 32.2. The standard InChI is InChI=1S/C18H25N5O14/c19-6(1-11(25)26)15(33)22-7(2-12(27)28)16(34)20-5-10(24)21-8(3-13(29)30)17(35)23-9(18(36)37)4-14(31)32/h6-9H,1-5,19H2,(H,20,34)(H,21,24)(H,22,33)(H,23,35)(H,25,26)(H,27,28)(H,29,30)(H,31,32)(H,36,37)/t6-,7-,8-,9-/m0/s1. The highest BCUT2D eigenvalue weighted by atomic mass is 16.4. The van der Waals surface area contributed by atoms with E-state index in [1.54, 1.807) is 5.32 Å². The number of carboxylic acids is 5. The molecule has 0 spiro atoms. The summed E-state index contributed by atoms with van der Waals surface area (Å²) in [4.78, 5) is 103. The minimum atomic E-state index is -1.95. The predicted molar refractivity (Wildman–Crippen MR) is 113 cm³/mol. The van der Waals surface area contributed by atoms with Gasteiger partial charge in [-0.25, -0.2) is 4.79 Å². The van der Waals surface area contributed by atoms with Crippen LogP contribution in [0.4, 0.5) is 0 Å². The lowest BCUT2D eigenvalue weighted by Crippen LogP contribution is -2.56. The van der Waals surface area contributed by atoms with Crippen LogP contribution in [0, 0.1) is 0 Å². The Bertz CT molecular complexity index is 951. The number of carbonyl (C=O) groups is 9. The van der Waals surface area contributed by atoms with E-state index in [4.69, 9.17) is 31.3 Å². The van der Waals surface area contributed by atoms with Gasteiger partial charge in [-0.3, -0.25) is 38.4 Å². The highest BCUT2D eigenvalue weighted by Gasteiger charge is 2.31. The number of aliphatic carboxylic acids is 5. The predicted octanol–water partition coefficient (Wildman–Crippen LogP) is -5.13. The molecule has 19 heteroatoms. The van der Waals surface area contributed by atoms with Gasteiger partial charge in [0.2, 0.25) is 23.6 Å². The van der Waals surface area contributed by atoms with Crippen LogP contribution < -0.4 is 27.0 Å². The number of rotatable bonds is 17.